The molecule has 2 aromatic heterocycles. The van der Waals surface area contributed by atoms with Crippen LogP contribution in [0.2, 0.25) is 5.02 Å². The van der Waals surface area contributed by atoms with Crippen LogP contribution in [0.1, 0.15) is 44.0 Å². The second-order valence-electron chi connectivity index (χ2n) is 7.47. The molecule has 27 heavy (non-hydrogen) atoms. The lowest BCUT2D eigenvalue weighted by Gasteiger charge is -2.22. The highest BCUT2D eigenvalue weighted by Crippen LogP contribution is 2.34. The van der Waals surface area contributed by atoms with Gasteiger partial charge in [0.2, 0.25) is 5.91 Å². The zero-order valence-corrected chi connectivity index (χ0v) is 16.1. The van der Waals surface area contributed by atoms with Crippen molar-refractivity contribution in [2.75, 3.05) is 17.2 Å². The lowest BCUT2D eigenvalue weighted by molar-refractivity contribution is -0.122. The van der Waals surface area contributed by atoms with Gasteiger partial charge in [-0.15, -0.1) is 0 Å². The fraction of sp³-hybridized carbons (Fsp3) is 0.474. The molecule has 3 heterocycles. The number of fused-ring (bicyclic) bond motifs is 1. The number of halogens is 1. The van der Waals surface area contributed by atoms with E-state index in [1.54, 1.807) is 18.5 Å². The van der Waals surface area contributed by atoms with Gasteiger partial charge in [0.05, 0.1) is 10.9 Å². The Morgan fingerprint density at radius 1 is 1.33 bits per heavy atom. The summed E-state index contributed by atoms with van der Waals surface area (Å²) in [5.41, 5.74) is 0.992. The Hall–Kier alpha value is -2.41. The van der Waals surface area contributed by atoms with Crippen molar-refractivity contribution in [3.63, 3.8) is 0 Å². The van der Waals surface area contributed by atoms with Crippen molar-refractivity contribution in [1.29, 1.82) is 0 Å². The van der Waals surface area contributed by atoms with Gasteiger partial charge in [-0.05, 0) is 30.9 Å². The van der Waals surface area contributed by atoms with E-state index >= 15 is 0 Å². The van der Waals surface area contributed by atoms with Crippen LogP contribution in [0.15, 0.2) is 24.5 Å². The maximum absolute atomic E-state index is 12.5. The molecule has 0 radical (unpaired) electrons. The van der Waals surface area contributed by atoms with Crippen LogP contribution in [0.25, 0.3) is 0 Å². The summed E-state index contributed by atoms with van der Waals surface area (Å²) in [5.74, 6) is 2.28. The molecule has 2 aromatic rings. The number of rotatable bonds is 6. The van der Waals surface area contributed by atoms with Gasteiger partial charge >= 0.3 is 0 Å². The van der Waals surface area contributed by atoms with Crippen molar-refractivity contribution in [1.82, 2.24) is 20.3 Å². The second kappa shape index (κ2) is 7.31. The number of carbonyl (C=O) groups excluding carboxylic acids is 1. The summed E-state index contributed by atoms with van der Waals surface area (Å²) in [5, 5.41) is 10.2. The third-order valence-corrected chi connectivity index (χ3v) is 5.10. The smallest absolute Gasteiger partial charge is 0.243 e. The molecule has 1 saturated carbocycles. The minimum absolute atomic E-state index is 0.0225. The van der Waals surface area contributed by atoms with E-state index in [2.05, 4.69) is 30.9 Å². The molecule has 4 rings (SSSR count). The number of nitrogens with one attached hydrogen (secondary N) is 3. The van der Waals surface area contributed by atoms with Crippen molar-refractivity contribution in [3.05, 3.63) is 40.9 Å². The SMILES string of the molecule is CC(C)[C@@H](Nc1ccnc(C2CNc3ncc(Cl)cc32)n1)C(=O)NC1CC1. The second-order valence-corrected chi connectivity index (χ2v) is 7.91. The lowest BCUT2D eigenvalue weighted by atomic mass is 10.0. The topological polar surface area (TPSA) is 91.8 Å². The van der Waals surface area contributed by atoms with Gasteiger partial charge in [-0.1, -0.05) is 25.4 Å². The average molecular weight is 387 g/mol. The van der Waals surface area contributed by atoms with Gasteiger partial charge in [-0.3, -0.25) is 4.79 Å². The van der Waals surface area contributed by atoms with E-state index in [1.807, 2.05) is 19.9 Å². The minimum atomic E-state index is -0.335. The molecule has 142 valence electrons. The Morgan fingerprint density at radius 3 is 2.89 bits per heavy atom. The molecule has 1 amide bonds. The Morgan fingerprint density at radius 2 is 2.15 bits per heavy atom. The van der Waals surface area contributed by atoms with Crippen LogP contribution in [0.5, 0.6) is 0 Å². The van der Waals surface area contributed by atoms with Crippen LogP contribution in [0, 0.1) is 5.92 Å². The normalized spacial score (nSPS) is 19.3. The Balaban J connectivity index is 1.54. The third-order valence-electron chi connectivity index (χ3n) is 4.89. The van der Waals surface area contributed by atoms with Gasteiger partial charge in [-0.2, -0.15) is 0 Å². The molecule has 2 aliphatic rings. The number of carbonyl (C=O) groups is 1. The first-order valence-corrected chi connectivity index (χ1v) is 9.68. The van der Waals surface area contributed by atoms with Crippen molar-refractivity contribution >= 4 is 29.1 Å². The largest absolute Gasteiger partial charge is 0.369 e. The van der Waals surface area contributed by atoms with Crippen molar-refractivity contribution in [2.24, 2.45) is 5.92 Å². The van der Waals surface area contributed by atoms with Gasteiger partial charge in [-0.25, -0.2) is 15.0 Å². The van der Waals surface area contributed by atoms with Gasteiger partial charge < -0.3 is 16.0 Å². The number of hydrogen-bond acceptors (Lipinski definition) is 6. The third kappa shape index (κ3) is 3.98. The fourth-order valence-corrected chi connectivity index (χ4v) is 3.41. The zero-order chi connectivity index (χ0) is 19.0. The number of nitrogens with zero attached hydrogens (tertiary/aromatic N) is 3. The molecule has 1 aliphatic carbocycles. The number of anilines is 2. The number of hydrogen-bond donors (Lipinski definition) is 3. The van der Waals surface area contributed by atoms with Crippen LogP contribution >= 0.6 is 11.6 Å². The van der Waals surface area contributed by atoms with Crippen LogP contribution in [0.4, 0.5) is 11.6 Å². The summed E-state index contributed by atoms with van der Waals surface area (Å²) < 4.78 is 0. The Bertz CT molecular complexity index is 854. The van der Waals surface area contributed by atoms with Crippen molar-refractivity contribution < 1.29 is 4.79 Å². The minimum Gasteiger partial charge on any atom is -0.369 e. The zero-order valence-electron chi connectivity index (χ0n) is 15.4. The standard InChI is InChI=1S/C19H23ClN6O/c1-10(2)16(19(27)24-12-3-4-12)25-15-5-6-21-18(26-15)14-9-23-17-13(14)7-11(20)8-22-17/h5-8,10,12,14,16H,3-4,9H2,1-2H3,(H,22,23)(H,24,27)(H,21,25,26)/t14?,16-/m1/s1. The summed E-state index contributed by atoms with van der Waals surface area (Å²) in [7, 11) is 0. The number of amides is 1. The summed E-state index contributed by atoms with van der Waals surface area (Å²) >= 11 is 6.10. The molecule has 0 spiro atoms. The Kier molecular flexibility index (Phi) is 4.86. The van der Waals surface area contributed by atoms with E-state index < -0.39 is 0 Å². The summed E-state index contributed by atoms with van der Waals surface area (Å²) in [4.78, 5) is 26.0. The molecule has 2 atom stereocenters. The van der Waals surface area contributed by atoms with Gasteiger partial charge in [0, 0.05) is 30.5 Å². The van der Waals surface area contributed by atoms with Gasteiger partial charge in [0.25, 0.3) is 0 Å². The van der Waals surface area contributed by atoms with Crippen LogP contribution in [-0.4, -0.2) is 39.5 Å². The van der Waals surface area contributed by atoms with Crippen LogP contribution < -0.4 is 16.0 Å². The van der Waals surface area contributed by atoms with E-state index in [0.717, 1.165) is 24.2 Å². The fourth-order valence-electron chi connectivity index (χ4n) is 3.24. The molecule has 3 N–H and O–H groups in total. The van der Waals surface area contributed by atoms with E-state index in [0.29, 0.717) is 29.3 Å². The molecular formula is C19H23ClN6O. The van der Waals surface area contributed by atoms with E-state index in [4.69, 9.17) is 11.6 Å². The first-order valence-electron chi connectivity index (χ1n) is 9.30. The van der Waals surface area contributed by atoms with Crippen LogP contribution in [-0.2, 0) is 4.79 Å². The van der Waals surface area contributed by atoms with E-state index in [-0.39, 0.29) is 23.8 Å². The van der Waals surface area contributed by atoms with Crippen LogP contribution in [0.3, 0.4) is 0 Å². The van der Waals surface area contributed by atoms with Gasteiger partial charge in [0.15, 0.2) is 0 Å². The number of pyridine rings is 1. The first-order chi connectivity index (χ1) is 13.0. The van der Waals surface area contributed by atoms with Crippen molar-refractivity contribution in [3.8, 4) is 0 Å². The molecular weight excluding hydrogens is 364 g/mol. The predicted octanol–water partition coefficient (Wildman–Crippen LogP) is 2.80. The molecule has 1 fully saturated rings. The monoisotopic (exact) mass is 386 g/mol. The van der Waals surface area contributed by atoms with E-state index in [9.17, 15) is 4.79 Å². The Labute approximate surface area is 163 Å². The number of aromatic nitrogens is 3. The quantitative estimate of drug-likeness (QED) is 0.707. The molecule has 1 unspecified atom stereocenters. The molecule has 7 nitrogen and oxygen atoms in total. The maximum Gasteiger partial charge on any atom is 0.243 e. The highest BCUT2D eigenvalue weighted by Gasteiger charge is 2.30. The van der Waals surface area contributed by atoms with Gasteiger partial charge in [0.1, 0.15) is 23.5 Å². The average Bonchev–Trinajstić information content (AvgIpc) is 3.36. The maximum atomic E-state index is 12.5. The first kappa shape index (κ1) is 18.0. The highest BCUT2D eigenvalue weighted by atomic mass is 35.5. The molecule has 0 aromatic carbocycles. The highest BCUT2D eigenvalue weighted by molar-refractivity contribution is 6.30. The molecule has 1 aliphatic heterocycles. The van der Waals surface area contributed by atoms with Crippen molar-refractivity contribution in [2.45, 2.75) is 44.7 Å². The predicted molar refractivity (Wildman–Crippen MR) is 105 cm³/mol. The molecule has 0 bridgehead atoms. The molecule has 8 heteroatoms. The summed E-state index contributed by atoms with van der Waals surface area (Å²) in [6.45, 7) is 4.72. The van der Waals surface area contributed by atoms with E-state index in [1.165, 1.54) is 0 Å². The summed E-state index contributed by atoms with van der Waals surface area (Å²) in [6.07, 6.45) is 5.48. The lowest BCUT2D eigenvalue weighted by Crippen LogP contribution is -2.44. The molecule has 0 saturated heterocycles. The summed E-state index contributed by atoms with van der Waals surface area (Å²) in [6, 6.07) is 3.69.